The van der Waals surface area contributed by atoms with Gasteiger partial charge in [-0.3, -0.25) is 4.79 Å². The van der Waals surface area contributed by atoms with Gasteiger partial charge in [0.15, 0.2) is 30.5 Å². The van der Waals surface area contributed by atoms with Crippen LogP contribution in [0, 0.1) is 0 Å². The topological polar surface area (TPSA) is 60.7 Å². The fourth-order valence-electron chi connectivity index (χ4n) is 4.30. The number of methoxy groups -OCH3 is 1. The Labute approximate surface area is 224 Å². The SMILES string of the molecule is CCCCCCCCCCCCOc1ccc(OCC(=O)NCCc2ccc[n+](CCC)c2)cc1OC. The summed E-state index contributed by atoms with van der Waals surface area (Å²) < 4.78 is 19.3. The summed E-state index contributed by atoms with van der Waals surface area (Å²) in [4.78, 5) is 12.2. The van der Waals surface area contributed by atoms with E-state index in [1.54, 1.807) is 13.2 Å². The fraction of sp³-hybridized carbons (Fsp3) is 0.613. The molecule has 1 heterocycles. The van der Waals surface area contributed by atoms with Crippen LogP contribution in [-0.4, -0.2) is 32.8 Å². The van der Waals surface area contributed by atoms with Gasteiger partial charge in [0.2, 0.25) is 0 Å². The van der Waals surface area contributed by atoms with Crippen molar-refractivity contribution in [2.45, 2.75) is 97.4 Å². The van der Waals surface area contributed by atoms with E-state index < -0.39 is 0 Å². The molecule has 6 nitrogen and oxygen atoms in total. The van der Waals surface area contributed by atoms with Crippen LogP contribution in [0.1, 0.15) is 90.0 Å². The highest BCUT2D eigenvalue weighted by molar-refractivity contribution is 5.77. The van der Waals surface area contributed by atoms with Crippen LogP contribution in [0.25, 0.3) is 0 Å². The van der Waals surface area contributed by atoms with E-state index >= 15 is 0 Å². The van der Waals surface area contributed by atoms with Crippen LogP contribution in [0.2, 0.25) is 0 Å². The molecule has 0 fully saturated rings. The molecule has 0 aliphatic carbocycles. The van der Waals surface area contributed by atoms with Gasteiger partial charge in [-0.2, -0.15) is 0 Å². The number of carbonyl (C=O) groups is 1. The zero-order valence-corrected chi connectivity index (χ0v) is 23.4. The van der Waals surface area contributed by atoms with Crippen molar-refractivity contribution in [2.75, 3.05) is 26.9 Å². The Morgan fingerprint density at radius 1 is 0.865 bits per heavy atom. The monoisotopic (exact) mass is 513 g/mol. The van der Waals surface area contributed by atoms with Gasteiger partial charge in [0.05, 0.1) is 13.7 Å². The lowest BCUT2D eigenvalue weighted by Crippen LogP contribution is -2.34. The Morgan fingerprint density at radius 3 is 2.30 bits per heavy atom. The molecule has 0 bridgehead atoms. The van der Waals surface area contributed by atoms with Crippen LogP contribution in [0.5, 0.6) is 17.2 Å². The molecule has 0 aliphatic heterocycles. The Kier molecular flexibility index (Phi) is 15.9. The van der Waals surface area contributed by atoms with E-state index in [1.807, 2.05) is 18.2 Å². The van der Waals surface area contributed by atoms with Gasteiger partial charge in [-0.05, 0) is 31.0 Å². The Bertz CT molecular complexity index is 887. The van der Waals surface area contributed by atoms with E-state index in [4.69, 9.17) is 14.2 Å². The van der Waals surface area contributed by atoms with Gasteiger partial charge in [-0.15, -0.1) is 0 Å². The normalized spacial score (nSPS) is 10.8. The van der Waals surface area contributed by atoms with Crippen molar-refractivity contribution in [1.82, 2.24) is 5.32 Å². The number of pyridine rings is 1. The van der Waals surface area contributed by atoms with Crippen LogP contribution in [-0.2, 0) is 17.8 Å². The number of benzene rings is 1. The smallest absolute Gasteiger partial charge is 0.257 e. The number of amides is 1. The Hall–Kier alpha value is -2.76. The summed E-state index contributed by atoms with van der Waals surface area (Å²) in [6.45, 7) is 6.64. The molecule has 0 radical (unpaired) electrons. The molecule has 1 N–H and O–H groups in total. The van der Waals surface area contributed by atoms with Crippen molar-refractivity contribution in [2.24, 2.45) is 0 Å². The van der Waals surface area contributed by atoms with Gasteiger partial charge in [-0.25, -0.2) is 4.57 Å². The second-order valence-corrected chi connectivity index (χ2v) is 9.68. The Morgan fingerprint density at radius 2 is 1.59 bits per heavy atom. The first-order chi connectivity index (χ1) is 18.2. The van der Waals surface area contributed by atoms with Crippen molar-refractivity contribution >= 4 is 5.91 Å². The maximum absolute atomic E-state index is 12.2. The highest BCUT2D eigenvalue weighted by Gasteiger charge is 2.09. The number of ether oxygens (including phenoxy) is 3. The first-order valence-corrected chi connectivity index (χ1v) is 14.3. The van der Waals surface area contributed by atoms with Crippen LogP contribution < -0.4 is 24.1 Å². The van der Waals surface area contributed by atoms with Gasteiger partial charge >= 0.3 is 0 Å². The molecular formula is C31H49N2O4+. The van der Waals surface area contributed by atoms with E-state index in [-0.39, 0.29) is 12.5 Å². The summed E-state index contributed by atoms with van der Waals surface area (Å²) in [5, 5.41) is 2.93. The summed E-state index contributed by atoms with van der Waals surface area (Å²) in [5.74, 6) is 1.77. The molecule has 1 aromatic heterocycles. The molecule has 0 atom stereocenters. The summed E-state index contributed by atoms with van der Waals surface area (Å²) in [6.07, 6.45) is 19.1. The molecule has 0 spiro atoms. The molecule has 0 aliphatic rings. The number of hydrogen-bond donors (Lipinski definition) is 1. The number of aromatic nitrogens is 1. The quantitative estimate of drug-likeness (QED) is 0.154. The van der Waals surface area contributed by atoms with Gasteiger partial charge in [0.1, 0.15) is 12.3 Å². The molecule has 0 saturated heterocycles. The summed E-state index contributed by atoms with van der Waals surface area (Å²) in [7, 11) is 1.62. The molecular weight excluding hydrogens is 464 g/mol. The van der Waals surface area contributed by atoms with Crippen molar-refractivity contribution in [3.63, 3.8) is 0 Å². The molecule has 37 heavy (non-hydrogen) atoms. The Balaban J connectivity index is 1.61. The van der Waals surface area contributed by atoms with E-state index in [0.717, 1.165) is 25.8 Å². The first-order valence-electron chi connectivity index (χ1n) is 14.3. The fourth-order valence-corrected chi connectivity index (χ4v) is 4.30. The molecule has 0 saturated carbocycles. The number of unbranched alkanes of at least 4 members (excludes halogenated alkanes) is 9. The van der Waals surface area contributed by atoms with Gasteiger partial charge in [0.25, 0.3) is 5.91 Å². The lowest BCUT2D eigenvalue weighted by atomic mass is 10.1. The van der Waals surface area contributed by atoms with Crippen LogP contribution in [0.15, 0.2) is 42.7 Å². The number of hydrogen-bond acceptors (Lipinski definition) is 4. The third-order valence-corrected chi connectivity index (χ3v) is 6.40. The molecule has 1 aromatic carbocycles. The average molecular weight is 514 g/mol. The second kappa shape index (κ2) is 19.4. The van der Waals surface area contributed by atoms with Crippen molar-refractivity contribution in [3.05, 3.63) is 48.3 Å². The number of rotatable bonds is 21. The summed E-state index contributed by atoms with van der Waals surface area (Å²) in [6, 6.07) is 9.58. The van der Waals surface area contributed by atoms with E-state index in [2.05, 4.69) is 42.2 Å². The third kappa shape index (κ3) is 13.4. The minimum atomic E-state index is -0.141. The standard InChI is InChI=1S/C31H48N2O4/c1-4-6-7-8-9-10-11-12-13-14-23-36-29-18-17-28(24-30(29)35-3)37-26-31(34)32-20-19-27-16-15-22-33(25-27)21-5-2/h15-18,22,24-25H,4-14,19-21,23,26H2,1-3H3/p+1. The molecule has 2 aromatic rings. The summed E-state index contributed by atoms with van der Waals surface area (Å²) >= 11 is 0. The number of aryl methyl sites for hydroxylation is 1. The third-order valence-electron chi connectivity index (χ3n) is 6.40. The van der Waals surface area contributed by atoms with Gasteiger partial charge in [0, 0.05) is 30.7 Å². The zero-order valence-electron chi connectivity index (χ0n) is 23.4. The molecule has 6 heteroatoms. The van der Waals surface area contributed by atoms with Gasteiger partial charge in [-0.1, -0.05) is 71.6 Å². The van der Waals surface area contributed by atoms with Crippen molar-refractivity contribution < 1.29 is 23.6 Å². The lowest BCUT2D eigenvalue weighted by Gasteiger charge is -2.13. The summed E-state index contributed by atoms with van der Waals surface area (Å²) in [5.41, 5.74) is 1.20. The highest BCUT2D eigenvalue weighted by Crippen LogP contribution is 2.31. The minimum absolute atomic E-state index is 0.0351. The van der Waals surface area contributed by atoms with Crippen LogP contribution in [0.3, 0.4) is 0 Å². The second-order valence-electron chi connectivity index (χ2n) is 9.68. The largest absolute Gasteiger partial charge is 0.493 e. The number of carbonyl (C=O) groups excluding carboxylic acids is 1. The zero-order chi connectivity index (χ0) is 26.6. The molecule has 2 rings (SSSR count). The molecule has 0 unspecified atom stereocenters. The van der Waals surface area contributed by atoms with Crippen LogP contribution >= 0.6 is 0 Å². The maximum atomic E-state index is 12.2. The van der Waals surface area contributed by atoms with Gasteiger partial charge < -0.3 is 19.5 Å². The van der Waals surface area contributed by atoms with E-state index in [0.29, 0.717) is 30.4 Å². The first kappa shape index (κ1) is 30.5. The van der Waals surface area contributed by atoms with Crippen molar-refractivity contribution in [1.29, 1.82) is 0 Å². The van der Waals surface area contributed by atoms with Crippen LogP contribution in [0.4, 0.5) is 0 Å². The predicted octanol–water partition coefficient (Wildman–Crippen LogP) is 6.43. The molecule has 206 valence electrons. The molecule has 1 amide bonds. The number of nitrogens with one attached hydrogen (secondary N) is 1. The highest BCUT2D eigenvalue weighted by atomic mass is 16.5. The van der Waals surface area contributed by atoms with E-state index in [1.165, 1.54) is 63.4 Å². The predicted molar refractivity (Wildman–Crippen MR) is 149 cm³/mol. The lowest BCUT2D eigenvalue weighted by molar-refractivity contribution is -0.697. The van der Waals surface area contributed by atoms with Crippen molar-refractivity contribution in [3.8, 4) is 17.2 Å². The van der Waals surface area contributed by atoms with E-state index in [9.17, 15) is 4.79 Å². The minimum Gasteiger partial charge on any atom is -0.493 e. The number of nitrogens with zero attached hydrogens (tertiary/aromatic N) is 1. The average Bonchev–Trinajstić information content (AvgIpc) is 2.91. The maximum Gasteiger partial charge on any atom is 0.257 e.